The number of carboxylic acid groups (broad SMARTS) is 1. The van der Waals surface area contributed by atoms with Crippen LogP contribution in [0.4, 0.5) is 4.39 Å². The summed E-state index contributed by atoms with van der Waals surface area (Å²) in [5.41, 5.74) is 0. The second-order valence-corrected chi connectivity index (χ2v) is 8.39. The molecule has 2 aliphatic rings. The smallest absolute Gasteiger partial charge is 0.303 e. The summed E-state index contributed by atoms with van der Waals surface area (Å²) in [6, 6.07) is 5.71. The second kappa shape index (κ2) is 11.5. The monoisotopic (exact) mass is 450 g/mol. The molecule has 0 aromatic heterocycles. The lowest BCUT2D eigenvalue weighted by atomic mass is 9.86. The maximum absolute atomic E-state index is 13.1. The highest BCUT2D eigenvalue weighted by Crippen LogP contribution is 2.38. The van der Waals surface area contributed by atoms with E-state index in [1.54, 1.807) is 0 Å². The van der Waals surface area contributed by atoms with E-state index in [2.05, 4.69) is 0 Å². The first kappa shape index (κ1) is 24.4. The lowest BCUT2D eigenvalue weighted by molar-refractivity contribution is -0.185. The molecule has 7 nitrogen and oxygen atoms in total. The first-order valence-corrected chi connectivity index (χ1v) is 11.1. The van der Waals surface area contributed by atoms with Crippen molar-refractivity contribution < 1.29 is 38.4 Å². The maximum atomic E-state index is 13.1. The highest BCUT2D eigenvalue weighted by molar-refractivity contribution is 5.84. The van der Waals surface area contributed by atoms with E-state index < -0.39 is 17.9 Å². The summed E-state index contributed by atoms with van der Waals surface area (Å²) in [4.78, 5) is 23.0. The summed E-state index contributed by atoms with van der Waals surface area (Å²) >= 11 is 0. The average Bonchev–Trinajstić information content (AvgIpc) is 3.33. The molecule has 1 aromatic carbocycles. The zero-order valence-corrected chi connectivity index (χ0v) is 18.1. The Morgan fingerprint density at radius 3 is 2.62 bits per heavy atom. The number of carboxylic acids is 1. The highest BCUT2D eigenvalue weighted by atomic mass is 19.1. The summed E-state index contributed by atoms with van der Waals surface area (Å²) in [5.74, 6) is -2.06. The maximum Gasteiger partial charge on any atom is 0.303 e. The van der Waals surface area contributed by atoms with Crippen LogP contribution in [0.5, 0.6) is 5.75 Å². The van der Waals surface area contributed by atoms with Crippen molar-refractivity contribution in [3.63, 3.8) is 0 Å². The summed E-state index contributed by atoms with van der Waals surface area (Å²) in [6.07, 6.45) is 6.09. The Kier molecular flexibility index (Phi) is 8.78. The van der Waals surface area contributed by atoms with Gasteiger partial charge in [0, 0.05) is 25.2 Å². The van der Waals surface area contributed by atoms with Crippen LogP contribution in [0.15, 0.2) is 36.4 Å². The van der Waals surface area contributed by atoms with Crippen LogP contribution in [0.25, 0.3) is 0 Å². The van der Waals surface area contributed by atoms with E-state index in [0.717, 1.165) is 0 Å². The number of Topliss-reactive ketones (excluding diaryl/α,β-unsaturated/α-hetero) is 1. The van der Waals surface area contributed by atoms with Gasteiger partial charge in [-0.25, -0.2) is 4.39 Å². The first-order valence-electron chi connectivity index (χ1n) is 11.1. The molecule has 3 rings (SSSR count). The van der Waals surface area contributed by atoms with Gasteiger partial charge in [-0.2, -0.15) is 0 Å². The zero-order valence-electron chi connectivity index (χ0n) is 18.1. The summed E-state index contributed by atoms with van der Waals surface area (Å²) < 4.78 is 30.5. The summed E-state index contributed by atoms with van der Waals surface area (Å²) in [5, 5.41) is 19.1. The van der Waals surface area contributed by atoms with Crippen molar-refractivity contribution in [3.05, 3.63) is 42.2 Å². The Morgan fingerprint density at radius 1 is 1.22 bits per heavy atom. The molecule has 3 atom stereocenters. The number of ketones is 1. The average molecular weight is 451 g/mol. The van der Waals surface area contributed by atoms with E-state index in [1.165, 1.54) is 24.3 Å². The fraction of sp³-hybridized carbons (Fsp3) is 0.583. The number of hydrogen-bond acceptors (Lipinski definition) is 6. The molecule has 0 radical (unpaired) electrons. The van der Waals surface area contributed by atoms with Crippen molar-refractivity contribution in [1.29, 1.82) is 0 Å². The molecule has 1 saturated carbocycles. The van der Waals surface area contributed by atoms with Crippen LogP contribution in [-0.2, 0) is 19.1 Å². The molecule has 1 aliphatic carbocycles. The number of hydrogen-bond donors (Lipinski definition) is 2. The number of aliphatic hydroxyl groups excluding tert-OH is 1. The number of ether oxygens (including phenoxy) is 3. The van der Waals surface area contributed by atoms with E-state index >= 15 is 0 Å². The zero-order chi connectivity index (χ0) is 23.0. The van der Waals surface area contributed by atoms with E-state index in [0.29, 0.717) is 51.1 Å². The van der Waals surface area contributed by atoms with Gasteiger partial charge in [0.2, 0.25) is 5.79 Å². The van der Waals surface area contributed by atoms with Crippen molar-refractivity contribution in [3.8, 4) is 5.75 Å². The topological polar surface area (TPSA) is 102 Å². The third-order valence-corrected chi connectivity index (χ3v) is 6.10. The predicted molar refractivity (Wildman–Crippen MR) is 114 cm³/mol. The third kappa shape index (κ3) is 6.85. The minimum atomic E-state index is -0.961. The molecule has 2 fully saturated rings. The molecule has 0 bridgehead atoms. The van der Waals surface area contributed by atoms with Crippen molar-refractivity contribution in [2.24, 2.45) is 11.8 Å². The van der Waals surface area contributed by atoms with Gasteiger partial charge in [0.25, 0.3) is 0 Å². The highest BCUT2D eigenvalue weighted by Gasteiger charge is 2.44. The fourth-order valence-corrected chi connectivity index (χ4v) is 4.35. The van der Waals surface area contributed by atoms with Crippen molar-refractivity contribution in [2.75, 3.05) is 19.8 Å². The Morgan fingerprint density at radius 2 is 1.94 bits per heavy atom. The molecule has 32 heavy (non-hydrogen) atoms. The molecule has 1 saturated heterocycles. The largest absolute Gasteiger partial charge is 0.488 e. The number of carbonyl (C=O) groups is 2. The Bertz CT molecular complexity index is 786. The number of carbonyl (C=O) groups excluding carboxylic acids is 1. The number of rotatable bonds is 12. The molecule has 1 heterocycles. The Hall–Kier alpha value is -2.29. The van der Waals surface area contributed by atoms with Crippen molar-refractivity contribution in [2.45, 2.75) is 56.8 Å². The lowest BCUT2D eigenvalue weighted by Gasteiger charge is -2.30. The molecule has 8 heteroatoms. The summed E-state index contributed by atoms with van der Waals surface area (Å²) in [6.45, 7) is 0.992. The summed E-state index contributed by atoms with van der Waals surface area (Å²) in [7, 11) is 0. The molecule has 1 aromatic rings. The fourth-order valence-electron chi connectivity index (χ4n) is 4.35. The van der Waals surface area contributed by atoms with Crippen LogP contribution in [0.1, 0.15) is 44.9 Å². The van der Waals surface area contributed by atoms with E-state index in [-0.39, 0.29) is 42.9 Å². The predicted octanol–water partition coefficient (Wildman–Crippen LogP) is 3.50. The van der Waals surface area contributed by atoms with Gasteiger partial charge in [-0.1, -0.05) is 12.2 Å². The minimum Gasteiger partial charge on any atom is -0.488 e. The van der Waals surface area contributed by atoms with Gasteiger partial charge in [-0.05, 0) is 55.9 Å². The third-order valence-electron chi connectivity index (χ3n) is 6.10. The molecule has 0 amide bonds. The van der Waals surface area contributed by atoms with Gasteiger partial charge in [-0.15, -0.1) is 0 Å². The number of halogens is 1. The van der Waals surface area contributed by atoms with Crippen molar-refractivity contribution >= 4 is 11.8 Å². The molecule has 1 aliphatic heterocycles. The quantitative estimate of drug-likeness (QED) is 0.371. The molecule has 176 valence electrons. The number of aliphatic hydroxyl groups is 1. The lowest BCUT2D eigenvalue weighted by Crippen LogP contribution is -2.38. The number of unbranched alkanes of at least 4 members (excludes halogenated alkanes) is 1. The van der Waals surface area contributed by atoms with Crippen LogP contribution in [0.2, 0.25) is 0 Å². The second-order valence-electron chi connectivity index (χ2n) is 8.39. The van der Waals surface area contributed by atoms with Crippen LogP contribution in [-0.4, -0.2) is 53.7 Å². The first-order chi connectivity index (χ1) is 15.4. The molecular formula is C24H31FO7. The van der Waals surface area contributed by atoms with E-state index in [4.69, 9.17) is 19.3 Å². The van der Waals surface area contributed by atoms with Crippen LogP contribution >= 0.6 is 0 Å². The molecule has 2 N–H and O–H groups in total. The molecular weight excluding hydrogens is 419 g/mol. The van der Waals surface area contributed by atoms with Gasteiger partial charge in [-0.3, -0.25) is 9.59 Å². The van der Waals surface area contributed by atoms with Crippen LogP contribution < -0.4 is 4.74 Å². The molecule has 0 spiro atoms. The van der Waals surface area contributed by atoms with Gasteiger partial charge < -0.3 is 24.4 Å². The van der Waals surface area contributed by atoms with Gasteiger partial charge in [0.1, 0.15) is 24.0 Å². The minimum absolute atomic E-state index is 0.0440. The number of allylic oxidation sites excluding steroid dienone is 2. The van der Waals surface area contributed by atoms with Gasteiger partial charge in [0.15, 0.2) is 0 Å². The normalized spacial score (nSPS) is 24.9. The standard InChI is InChI=1S/C24H31FO7/c25-17-7-9-18(10-8-17)30-16-24(31-13-14-32-24)12-11-20-19(21(26)15-22(20)27)5-3-1-2-4-6-23(28)29/h1,3,7-10,19-20,22,27H,2,4-6,11-16H2,(H,28,29)/b3-1-/t19-,20-,22-/m1/s1. The number of benzene rings is 1. The van der Waals surface area contributed by atoms with E-state index in [9.17, 15) is 19.1 Å². The van der Waals surface area contributed by atoms with E-state index in [1.807, 2.05) is 12.2 Å². The Labute approximate surface area is 187 Å². The van der Waals surface area contributed by atoms with Gasteiger partial charge in [0.05, 0.1) is 19.3 Å². The van der Waals surface area contributed by atoms with Crippen molar-refractivity contribution in [1.82, 2.24) is 0 Å². The van der Waals surface area contributed by atoms with Crippen LogP contribution in [0.3, 0.4) is 0 Å². The van der Waals surface area contributed by atoms with Gasteiger partial charge >= 0.3 is 5.97 Å². The Balaban J connectivity index is 1.53. The molecule has 0 unspecified atom stereocenters. The SMILES string of the molecule is O=C(O)CCC/C=C\C[C@H]1C(=O)C[C@@H](O)[C@@H]1CCC1(COc2ccc(F)cc2)OCCO1. The van der Waals surface area contributed by atoms with Crippen LogP contribution in [0, 0.1) is 17.7 Å². The number of aliphatic carboxylic acids is 1.